The minimum atomic E-state index is -0.0463. The Hall–Kier alpha value is -1.98. The molecule has 1 saturated heterocycles. The van der Waals surface area contributed by atoms with Crippen LogP contribution in [-0.4, -0.2) is 47.1 Å². The Morgan fingerprint density at radius 1 is 1.33 bits per heavy atom. The highest BCUT2D eigenvalue weighted by molar-refractivity contribution is 5.77. The van der Waals surface area contributed by atoms with Gasteiger partial charge in [-0.05, 0) is 32.4 Å². The third kappa shape index (κ3) is 4.24. The summed E-state index contributed by atoms with van der Waals surface area (Å²) in [6.45, 7) is 5.84. The van der Waals surface area contributed by atoms with Gasteiger partial charge in [-0.15, -0.1) is 0 Å². The minimum absolute atomic E-state index is 0.0407. The predicted octanol–water partition coefficient (Wildman–Crippen LogP) is 1.36. The van der Waals surface area contributed by atoms with E-state index in [2.05, 4.69) is 10.6 Å². The quantitative estimate of drug-likeness (QED) is 0.860. The molecule has 1 fully saturated rings. The van der Waals surface area contributed by atoms with Crippen LogP contribution < -0.4 is 10.6 Å². The lowest BCUT2D eigenvalue weighted by Crippen LogP contribution is -2.42. The van der Waals surface area contributed by atoms with Crippen LogP contribution in [0.25, 0.3) is 0 Å². The van der Waals surface area contributed by atoms with Crippen LogP contribution in [0, 0.1) is 0 Å². The van der Waals surface area contributed by atoms with Crippen LogP contribution in [0.5, 0.6) is 0 Å². The zero-order valence-corrected chi connectivity index (χ0v) is 12.7. The Kier molecular flexibility index (Phi) is 5.25. The molecule has 0 aromatic carbocycles. The van der Waals surface area contributed by atoms with Crippen molar-refractivity contribution in [1.29, 1.82) is 0 Å². The van der Waals surface area contributed by atoms with Gasteiger partial charge in [-0.3, -0.25) is 4.79 Å². The number of rotatable bonds is 5. The monoisotopic (exact) mass is 292 g/mol. The highest BCUT2D eigenvalue weighted by Gasteiger charge is 2.27. The molecule has 0 spiro atoms. The van der Waals surface area contributed by atoms with E-state index in [1.54, 1.807) is 4.90 Å². The number of nitrogens with one attached hydrogen (secondary N) is 2. The van der Waals surface area contributed by atoms with Gasteiger partial charge in [0.2, 0.25) is 5.91 Å². The van der Waals surface area contributed by atoms with Crippen molar-refractivity contribution in [2.75, 3.05) is 19.6 Å². The maximum Gasteiger partial charge on any atom is 0.317 e. The lowest BCUT2D eigenvalue weighted by Gasteiger charge is -2.18. The van der Waals surface area contributed by atoms with E-state index in [0.717, 1.165) is 6.42 Å². The van der Waals surface area contributed by atoms with Gasteiger partial charge in [0, 0.05) is 50.5 Å². The molecule has 0 saturated carbocycles. The van der Waals surface area contributed by atoms with Crippen molar-refractivity contribution in [3.8, 4) is 0 Å². The van der Waals surface area contributed by atoms with E-state index in [1.165, 1.54) is 0 Å². The summed E-state index contributed by atoms with van der Waals surface area (Å²) in [5.41, 5.74) is 0. The van der Waals surface area contributed by atoms with E-state index in [1.807, 2.05) is 42.9 Å². The van der Waals surface area contributed by atoms with Gasteiger partial charge < -0.3 is 20.1 Å². The van der Waals surface area contributed by atoms with Gasteiger partial charge in [0.15, 0.2) is 0 Å². The number of hydrogen-bond donors (Lipinski definition) is 2. The number of aromatic nitrogens is 1. The molecule has 0 unspecified atom stereocenters. The molecule has 2 atom stereocenters. The molecule has 3 amide bonds. The van der Waals surface area contributed by atoms with E-state index in [0.29, 0.717) is 26.1 Å². The second-order valence-corrected chi connectivity index (χ2v) is 5.52. The number of amides is 3. The number of likely N-dealkylation sites (tertiary alicyclic amines) is 1. The van der Waals surface area contributed by atoms with Crippen LogP contribution in [0.2, 0.25) is 0 Å². The smallest absolute Gasteiger partial charge is 0.317 e. The Labute approximate surface area is 125 Å². The summed E-state index contributed by atoms with van der Waals surface area (Å²) in [7, 11) is 0. The van der Waals surface area contributed by atoms with Crippen LogP contribution >= 0.6 is 0 Å². The van der Waals surface area contributed by atoms with E-state index in [4.69, 9.17) is 0 Å². The number of carbonyl (C=O) groups excluding carboxylic acids is 2. The molecule has 2 rings (SSSR count). The fourth-order valence-corrected chi connectivity index (χ4v) is 2.63. The Balaban J connectivity index is 1.75. The molecular formula is C15H24N4O2. The SMILES string of the molecule is CCNC(=O)N1CC[C@@H](NC(=O)C[C@@H](C)n2cccc2)C1. The fraction of sp³-hybridized carbons (Fsp3) is 0.600. The molecule has 1 aliphatic rings. The molecule has 0 radical (unpaired) electrons. The van der Waals surface area contributed by atoms with Crippen LogP contribution in [0.4, 0.5) is 4.79 Å². The molecule has 1 aromatic rings. The summed E-state index contributed by atoms with van der Waals surface area (Å²) in [6.07, 6.45) is 5.20. The van der Waals surface area contributed by atoms with Gasteiger partial charge in [-0.25, -0.2) is 4.79 Å². The van der Waals surface area contributed by atoms with Gasteiger partial charge in [0.25, 0.3) is 0 Å². The number of nitrogens with zero attached hydrogens (tertiary/aromatic N) is 2. The highest BCUT2D eigenvalue weighted by Crippen LogP contribution is 2.13. The number of hydrogen-bond acceptors (Lipinski definition) is 2. The number of urea groups is 1. The van der Waals surface area contributed by atoms with E-state index < -0.39 is 0 Å². The molecule has 116 valence electrons. The van der Waals surface area contributed by atoms with Crippen LogP contribution in [0.3, 0.4) is 0 Å². The standard InChI is InChI=1S/C15H24N4O2/c1-3-16-15(21)19-9-6-13(11-19)17-14(20)10-12(2)18-7-4-5-8-18/h4-5,7-8,12-13H,3,6,9-11H2,1-2H3,(H,16,21)(H,17,20)/t12-,13-/m1/s1. The molecular weight excluding hydrogens is 268 g/mol. The highest BCUT2D eigenvalue weighted by atomic mass is 16.2. The van der Waals surface area contributed by atoms with Crippen LogP contribution in [-0.2, 0) is 4.79 Å². The van der Waals surface area contributed by atoms with Gasteiger partial charge in [0.1, 0.15) is 0 Å². The van der Waals surface area contributed by atoms with E-state index in [-0.39, 0.29) is 24.0 Å². The van der Waals surface area contributed by atoms with Crippen molar-refractivity contribution in [1.82, 2.24) is 20.1 Å². The maximum atomic E-state index is 12.1. The van der Waals surface area contributed by atoms with Crippen molar-refractivity contribution in [2.24, 2.45) is 0 Å². The first-order chi connectivity index (χ1) is 10.1. The largest absolute Gasteiger partial charge is 0.351 e. The summed E-state index contributed by atoms with van der Waals surface area (Å²) < 4.78 is 2.02. The second-order valence-electron chi connectivity index (χ2n) is 5.52. The van der Waals surface area contributed by atoms with Crippen LogP contribution in [0.1, 0.15) is 32.7 Å². The summed E-state index contributed by atoms with van der Waals surface area (Å²) in [4.78, 5) is 25.5. The van der Waals surface area contributed by atoms with Crippen molar-refractivity contribution >= 4 is 11.9 Å². The van der Waals surface area contributed by atoms with E-state index >= 15 is 0 Å². The Morgan fingerprint density at radius 2 is 2.05 bits per heavy atom. The lowest BCUT2D eigenvalue weighted by atomic mass is 10.2. The average Bonchev–Trinajstić information content (AvgIpc) is 3.09. The van der Waals surface area contributed by atoms with Gasteiger partial charge in [-0.2, -0.15) is 0 Å². The fourth-order valence-electron chi connectivity index (χ4n) is 2.63. The summed E-state index contributed by atoms with van der Waals surface area (Å²) >= 11 is 0. The normalized spacial score (nSPS) is 19.3. The molecule has 0 bridgehead atoms. The van der Waals surface area contributed by atoms with Crippen molar-refractivity contribution < 1.29 is 9.59 Å². The molecule has 1 aliphatic heterocycles. The molecule has 0 aliphatic carbocycles. The molecule has 21 heavy (non-hydrogen) atoms. The van der Waals surface area contributed by atoms with Gasteiger partial charge in [0.05, 0.1) is 0 Å². The zero-order valence-electron chi connectivity index (χ0n) is 12.7. The second kappa shape index (κ2) is 7.15. The maximum absolute atomic E-state index is 12.1. The van der Waals surface area contributed by atoms with Gasteiger partial charge >= 0.3 is 6.03 Å². The molecule has 6 heteroatoms. The molecule has 2 N–H and O–H groups in total. The predicted molar refractivity (Wildman–Crippen MR) is 81.0 cm³/mol. The summed E-state index contributed by atoms with van der Waals surface area (Å²) in [5, 5.41) is 5.81. The molecule has 2 heterocycles. The van der Waals surface area contributed by atoms with Crippen molar-refractivity contribution in [3.63, 3.8) is 0 Å². The zero-order chi connectivity index (χ0) is 15.2. The minimum Gasteiger partial charge on any atom is -0.351 e. The molecule has 6 nitrogen and oxygen atoms in total. The Morgan fingerprint density at radius 3 is 2.71 bits per heavy atom. The first-order valence-electron chi connectivity index (χ1n) is 7.54. The third-order valence-electron chi connectivity index (χ3n) is 3.79. The van der Waals surface area contributed by atoms with Crippen molar-refractivity contribution in [3.05, 3.63) is 24.5 Å². The van der Waals surface area contributed by atoms with Crippen LogP contribution in [0.15, 0.2) is 24.5 Å². The number of carbonyl (C=O) groups is 2. The topological polar surface area (TPSA) is 66.4 Å². The summed E-state index contributed by atoms with van der Waals surface area (Å²) in [5.74, 6) is 0.0407. The van der Waals surface area contributed by atoms with E-state index in [9.17, 15) is 9.59 Å². The third-order valence-corrected chi connectivity index (χ3v) is 3.79. The Bertz CT molecular complexity index is 472. The lowest BCUT2D eigenvalue weighted by molar-refractivity contribution is -0.122. The first kappa shape index (κ1) is 15.4. The average molecular weight is 292 g/mol. The van der Waals surface area contributed by atoms with Gasteiger partial charge in [-0.1, -0.05) is 0 Å². The van der Waals surface area contributed by atoms with Crippen molar-refractivity contribution in [2.45, 2.75) is 38.8 Å². The first-order valence-corrected chi connectivity index (χ1v) is 7.54. The molecule has 1 aromatic heterocycles. The summed E-state index contributed by atoms with van der Waals surface area (Å²) in [6, 6.07) is 4.07.